The first-order valence-corrected chi connectivity index (χ1v) is 3.36. The second kappa shape index (κ2) is 4.53. The van der Waals surface area contributed by atoms with Crippen LogP contribution < -0.4 is 17.0 Å². The largest absolute Gasteiger partial charge is 1.00 e. The van der Waals surface area contributed by atoms with E-state index in [1.54, 1.807) is 0 Å². The zero-order valence-corrected chi connectivity index (χ0v) is 7.23. The van der Waals surface area contributed by atoms with Crippen molar-refractivity contribution in [2.24, 2.45) is 0 Å². The van der Waals surface area contributed by atoms with Gasteiger partial charge in [-0.3, -0.25) is 0 Å². The van der Waals surface area contributed by atoms with E-state index in [0.29, 0.717) is 0 Å². The summed E-state index contributed by atoms with van der Waals surface area (Å²) in [6.07, 6.45) is 1.96. The van der Waals surface area contributed by atoms with Crippen LogP contribution in [0.1, 0.15) is 6.92 Å². The number of aryl methyl sites for hydroxylation is 1. The Morgan fingerprint density at radius 2 is 2.20 bits per heavy atom. The van der Waals surface area contributed by atoms with E-state index in [-0.39, 0.29) is 12.4 Å². The van der Waals surface area contributed by atoms with Crippen molar-refractivity contribution in [1.29, 1.82) is 0 Å². The van der Waals surface area contributed by atoms with E-state index in [9.17, 15) is 0 Å². The van der Waals surface area contributed by atoms with Gasteiger partial charge in [-0.05, 0) is 24.6 Å². The van der Waals surface area contributed by atoms with E-state index in [2.05, 4.69) is 6.92 Å². The van der Waals surface area contributed by atoms with Gasteiger partial charge < -0.3 is 12.4 Å². The van der Waals surface area contributed by atoms with Gasteiger partial charge in [0.25, 0.3) is 5.15 Å². The molecule has 0 aliphatic heterocycles. The molecule has 0 amide bonds. The van der Waals surface area contributed by atoms with Gasteiger partial charge in [0.2, 0.25) is 0 Å². The number of hydrogen-bond acceptors (Lipinski definition) is 0. The van der Waals surface area contributed by atoms with Crippen molar-refractivity contribution in [1.82, 2.24) is 0 Å². The first-order valence-electron chi connectivity index (χ1n) is 2.98. The van der Waals surface area contributed by atoms with Crippen molar-refractivity contribution in [3.8, 4) is 0 Å². The molecular formula is C7H9Cl2N. The summed E-state index contributed by atoms with van der Waals surface area (Å²) in [5.41, 5.74) is 0. The zero-order chi connectivity index (χ0) is 6.69. The molecule has 0 unspecified atom stereocenters. The molecule has 0 radical (unpaired) electrons. The Balaban J connectivity index is 0.000000810. The molecule has 1 aromatic heterocycles. The Kier molecular flexibility index (Phi) is 4.41. The van der Waals surface area contributed by atoms with Crippen LogP contribution in [-0.2, 0) is 6.54 Å². The Morgan fingerprint density at radius 3 is 2.60 bits per heavy atom. The second-order valence-electron chi connectivity index (χ2n) is 1.81. The second-order valence-corrected chi connectivity index (χ2v) is 2.20. The Hall–Kier alpha value is -0.270. The lowest BCUT2D eigenvalue weighted by molar-refractivity contribution is -0.691. The summed E-state index contributed by atoms with van der Waals surface area (Å²) in [4.78, 5) is 0. The maximum absolute atomic E-state index is 5.79. The van der Waals surface area contributed by atoms with Gasteiger partial charge in [0.05, 0.1) is 0 Å². The minimum Gasteiger partial charge on any atom is -1.00 e. The standard InChI is InChI=1S/C7H9ClN.ClH/c1-2-9-6-4-3-5-7(9)8;/h3-6H,2H2,1H3;1H/q+1;/p-1. The Morgan fingerprint density at radius 1 is 1.50 bits per heavy atom. The van der Waals surface area contributed by atoms with Crippen molar-refractivity contribution in [3.05, 3.63) is 29.5 Å². The molecule has 1 aromatic rings. The van der Waals surface area contributed by atoms with Crippen LogP contribution in [0.5, 0.6) is 0 Å². The molecule has 0 saturated heterocycles. The number of halogens is 2. The molecule has 0 aromatic carbocycles. The Labute approximate surface area is 72.0 Å². The fraction of sp³-hybridized carbons (Fsp3) is 0.286. The molecule has 56 valence electrons. The smallest absolute Gasteiger partial charge is 0.274 e. The zero-order valence-electron chi connectivity index (χ0n) is 5.72. The van der Waals surface area contributed by atoms with E-state index in [0.717, 1.165) is 11.7 Å². The van der Waals surface area contributed by atoms with Gasteiger partial charge in [0.15, 0.2) is 6.20 Å². The fourth-order valence-electron chi connectivity index (χ4n) is 0.712. The van der Waals surface area contributed by atoms with Crippen LogP contribution in [-0.4, -0.2) is 0 Å². The predicted octanol–water partition coefficient (Wildman–Crippen LogP) is -1.35. The van der Waals surface area contributed by atoms with Gasteiger partial charge in [-0.25, -0.2) is 0 Å². The third-order valence-corrected chi connectivity index (χ3v) is 1.57. The lowest BCUT2D eigenvalue weighted by atomic mass is 10.5. The maximum Gasteiger partial charge on any atom is 0.274 e. The summed E-state index contributed by atoms with van der Waals surface area (Å²) in [7, 11) is 0. The number of hydrogen-bond donors (Lipinski definition) is 0. The maximum atomic E-state index is 5.79. The number of rotatable bonds is 1. The summed E-state index contributed by atoms with van der Waals surface area (Å²) in [5, 5.41) is 0.792. The van der Waals surface area contributed by atoms with Crippen molar-refractivity contribution in [3.63, 3.8) is 0 Å². The third-order valence-electron chi connectivity index (χ3n) is 1.23. The molecule has 10 heavy (non-hydrogen) atoms. The van der Waals surface area contributed by atoms with Crippen LogP contribution in [0.25, 0.3) is 0 Å². The summed E-state index contributed by atoms with van der Waals surface area (Å²) < 4.78 is 1.97. The van der Waals surface area contributed by atoms with E-state index in [1.807, 2.05) is 29.0 Å². The average Bonchev–Trinajstić information content (AvgIpc) is 1.89. The first kappa shape index (κ1) is 9.73. The summed E-state index contributed by atoms with van der Waals surface area (Å²) in [5.74, 6) is 0. The molecule has 0 fully saturated rings. The molecule has 0 aliphatic carbocycles. The highest BCUT2D eigenvalue weighted by molar-refractivity contribution is 6.28. The van der Waals surface area contributed by atoms with Gasteiger partial charge >= 0.3 is 0 Å². The van der Waals surface area contributed by atoms with Crippen LogP contribution in [0.15, 0.2) is 24.4 Å². The van der Waals surface area contributed by atoms with Crippen LogP contribution >= 0.6 is 11.6 Å². The quantitative estimate of drug-likeness (QED) is 0.370. The van der Waals surface area contributed by atoms with Gasteiger partial charge in [-0.15, -0.1) is 0 Å². The van der Waals surface area contributed by atoms with Crippen molar-refractivity contribution >= 4 is 11.6 Å². The highest BCUT2D eigenvalue weighted by Crippen LogP contribution is 1.97. The molecule has 1 nitrogen and oxygen atoms in total. The minimum absolute atomic E-state index is 0. The summed E-state index contributed by atoms with van der Waals surface area (Å²) in [6.45, 7) is 2.99. The topological polar surface area (TPSA) is 3.88 Å². The molecule has 0 N–H and O–H groups in total. The van der Waals surface area contributed by atoms with E-state index >= 15 is 0 Å². The summed E-state index contributed by atoms with van der Waals surface area (Å²) >= 11 is 5.79. The number of nitrogens with zero attached hydrogens (tertiary/aromatic N) is 1. The van der Waals surface area contributed by atoms with Crippen molar-refractivity contribution in [2.75, 3.05) is 0 Å². The first-order chi connectivity index (χ1) is 4.34. The highest BCUT2D eigenvalue weighted by atomic mass is 35.5. The van der Waals surface area contributed by atoms with E-state index in [1.165, 1.54) is 0 Å². The minimum atomic E-state index is 0. The SMILES string of the molecule is CC[n+]1ccccc1Cl.[Cl-]. The van der Waals surface area contributed by atoms with Gasteiger partial charge in [-0.1, -0.05) is 0 Å². The van der Waals surface area contributed by atoms with Gasteiger partial charge in [0, 0.05) is 12.1 Å². The highest BCUT2D eigenvalue weighted by Gasteiger charge is 1.99. The molecule has 0 bridgehead atoms. The molecule has 0 atom stereocenters. The third kappa shape index (κ3) is 2.16. The van der Waals surface area contributed by atoms with Crippen LogP contribution in [0.3, 0.4) is 0 Å². The molecule has 1 rings (SSSR count). The van der Waals surface area contributed by atoms with Crippen molar-refractivity contribution in [2.45, 2.75) is 13.5 Å². The monoisotopic (exact) mass is 177 g/mol. The predicted molar refractivity (Wildman–Crippen MR) is 37.3 cm³/mol. The van der Waals surface area contributed by atoms with E-state index < -0.39 is 0 Å². The number of pyridine rings is 1. The lowest BCUT2D eigenvalue weighted by Gasteiger charge is -1.90. The molecule has 0 aliphatic rings. The van der Waals surface area contributed by atoms with Crippen LogP contribution in [0.4, 0.5) is 0 Å². The molecule has 1 heterocycles. The van der Waals surface area contributed by atoms with Crippen LogP contribution in [0, 0.1) is 0 Å². The lowest BCUT2D eigenvalue weighted by Crippen LogP contribution is -3.00. The van der Waals surface area contributed by atoms with Gasteiger partial charge in [-0.2, -0.15) is 4.57 Å². The van der Waals surface area contributed by atoms with Crippen LogP contribution in [0.2, 0.25) is 5.15 Å². The fourth-order valence-corrected chi connectivity index (χ4v) is 0.961. The molecule has 0 spiro atoms. The van der Waals surface area contributed by atoms with Gasteiger partial charge in [0.1, 0.15) is 6.54 Å². The Bertz CT molecular complexity index is 201. The number of aromatic nitrogens is 1. The molecular weight excluding hydrogens is 169 g/mol. The summed E-state index contributed by atoms with van der Waals surface area (Å²) in [6, 6.07) is 5.77. The average molecular weight is 178 g/mol. The molecule has 3 heteroatoms. The van der Waals surface area contributed by atoms with E-state index in [4.69, 9.17) is 11.6 Å². The molecule has 0 saturated carbocycles. The van der Waals surface area contributed by atoms with Crippen molar-refractivity contribution < 1.29 is 17.0 Å². The normalized spacial score (nSPS) is 8.60.